The molecule has 8 heteroatoms. The van der Waals surface area contributed by atoms with Crippen molar-refractivity contribution in [2.45, 2.75) is 18.6 Å². The molecule has 0 radical (unpaired) electrons. The van der Waals surface area contributed by atoms with Gasteiger partial charge in [0.05, 0.1) is 12.8 Å². The first-order valence-corrected chi connectivity index (χ1v) is 8.84. The monoisotopic (exact) mass is 381 g/mol. The molecular weight excluding hydrogens is 362 g/mol. The lowest BCUT2D eigenvalue weighted by Crippen LogP contribution is -2.52. The van der Waals surface area contributed by atoms with Crippen molar-refractivity contribution in [3.8, 4) is 5.75 Å². The molecule has 28 heavy (non-hydrogen) atoms. The first-order chi connectivity index (χ1) is 13.5. The molecule has 2 heterocycles. The Balaban J connectivity index is 1.65. The molecule has 0 aliphatic carbocycles. The Bertz CT molecular complexity index is 946. The summed E-state index contributed by atoms with van der Waals surface area (Å²) in [6.45, 7) is 0.347. The maximum Gasteiger partial charge on any atom is 0.414 e. The first kappa shape index (κ1) is 17.8. The maximum atomic E-state index is 12.8. The third kappa shape index (κ3) is 2.92. The Kier molecular flexibility index (Phi) is 4.38. The lowest BCUT2D eigenvalue weighted by atomic mass is 9.82. The molecule has 0 bridgehead atoms. The highest BCUT2D eigenvalue weighted by Gasteiger charge is 2.52. The summed E-state index contributed by atoms with van der Waals surface area (Å²) >= 11 is 0. The number of nitrogens with zero attached hydrogens (tertiary/aromatic N) is 1. The molecule has 0 unspecified atom stereocenters. The van der Waals surface area contributed by atoms with Crippen molar-refractivity contribution in [2.24, 2.45) is 0 Å². The zero-order valence-corrected chi connectivity index (χ0v) is 15.2. The molecule has 0 saturated carbocycles. The van der Waals surface area contributed by atoms with Crippen LogP contribution in [-0.4, -0.2) is 31.7 Å². The van der Waals surface area contributed by atoms with Crippen LogP contribution in [0.2, 0.25) is 0 Å². The summed E-state index contributed by atoms with van der Waals surface area (Å²) in [7, 11) is 1.52. The van der Waals surface area contributed by atoms with Gasteiger partial charge in [-0.15, -0.1) is 0 Å². The number of rotatable bonds is 3. The summed E-state index contributed by atoms with van der Waals surface area (Å²) in [4.78, 5) is 38.5. The average molecular weight is 381 g/mol. The maximum absolute atomic E-state index is 12.8. The van der Waals surface area contributed by atoms with Gasteiger partial charge in [0.15, 0.2) is 0 Å². The molecule has 2 N–H and O–H groups in total. The summed E-state index contributed by atoms with van der Waals surface area (Å²) in [5.41, 5.74) is 0.674. The second-order valence-corrected chi connectivity index (χ2v) is 6.64. The van der Waals surface area contributed by atoms with Gasteiger partial charge in [-0.25, -0.2) is 9.59 Å². The van der Waals surface area contributed by atoms with Gasteiger partial charge in [0.25, 0.3) is 5.91 Å². The fraction of sp³-hybridized carbons (Fsp3) is 0.250. The highest BCUT2D eigenvalue weighted by molar-refractivity contribution is 6.09. The molecule has 4 amide bonds. The van der Waals surface area contributed by atoms with Crippen LogP contribution in [0.15, 0.2) is 48.5 Å². The minimum atomic E-state index is -1.20. The second-order valence-electron chi connectivity index (χ2n) is 6.64. The van der Waals surface area contributed by atoms with Gasteiger partial charge >= 0.3 is 12.1 Å². The SMILES string of the molecule is COc1ccc2c(c1)N(C(=O)OCc1ccccc1)CC[C@]21NC(=O)NC1=O. The predicted octanol–water partition coefficient (Wildman–Crippen LogP) is 2.28. The normalized spacial score (nSPS) is 20.4. The Hall–Kier alpha value is -3.55. The van der Waals surface area contributed by atoms with Crippen molar-refractivity contribution < 1.29 is 23.9 Å². The van der Waals surface area contributed by atoms with Gasteiger partial charge in [0.2, 0.25) is 0 Å². The largest absolute Gasteiger partial charge is 0.497 e. The van der Waals surface area contributed by atoms with E-state index >= 15 is 0 Å². The molecule has 0 aromatic heterocycles. The van der Waals surface area contributed by atoms with Crippen molar-refractivity contribution >= 4 is 23.7 Å². The lowest BCUT2D eigenvalue weighted by Gasteiger charge is -2.38. The van der Waals surface area contributed by atoms with Gasteiger partial charge in [-0.05, 0) is 11.6 Å². The summed E-state index contributed by atoms with van der Waals surface area (Å²) in [5, 5.41) is 4.99. The first-order valence-electron chi connectivity index (χ1n) is 8.84. The van der Waals surface area contributed by atoms with E-state index in [4.69, 9.17) is 9.47 Å². The van der Waals surface area contributed by atoms with Gasteiger partial charge in [0, 0.05) is 24.6 Å². The number of imide groups is 1. The summed E-state index contributed by atoms with van der Waals surface area (Å²) < 4.78 is 10.7. The van der Waals surface area contributed by atoms with Crippen LogP contribution in [-0.2, 0) is 21.7 Å². The Morgan fingerprint density at radius 2 is 1.96 bits per heavy atom. The molecule has 2 aliphatic rings. The van der Waals surface area contributed by atoms with Crippen LogP contribution >= 0.6 is 0 Å². The second kappa shape index (κ2) is 6.88. The number of hydrogen-bond donors (Lipinski definition) is 2. The molecule has 1 saturated heterocycles. The van der Waals surface area contributed by atoms with Gasteiger partial charge in [0.1, 0.15) is 17.9 Å². The van der Waals surface area contributed by atoms with E-state index in [1.54, 1.807) is 18.2 Å². The molecule has 144 valence electrons. The third-order valence-corrected chi connectivity index (χ3v) is 5.03. The number of carbonyl (C=O) groups excluding carboxylic acids is 3. The molecule has 8 nitrogen and oxygen atoms in total. The molecular formula is C20H19N3O5. The highest BCUT2D eigenvalue weighted by atomic mass is 16.6. The molecule has 1 spiro atoms. The standard InChI is InChI=1S/C20H19N3O5/c1-27-14-7-8-15-16(11-14)23(10-9-20(15)17(24)21-18(25)22-20)19(26)28-12-13-5-3-2-4-6-13/h2-8,11H,9-10,12H2,1H3,(H2,21,22,24,25)/t20-/m0/s1. The Morgan fingerprint density at radius 1 is 1.18 bits per heavy atom. The van der Waals surface area contributed by atoms with E-state index in [0.29, 0.717) is 17.0 Å². The zero-order valence-electron chi connectivity index (χ0n) is 15.2. The molecule has 1 fully saturated rings. The number of ether oxygens (including phenoxy) is 2. The summed E-state index contributed by atoms with van der Waals surface area (Å²) in [5.74, 6) is 0.0996. The number of benzene rings is 2. The van der Waals surface area contributed by atoms with Crippen LogP contribution in [0, 0.1) is 0 Å². The van der Waals surface area contributed by atoms with Crippen molar-refractivity contribution in [1.82, 2.24) is 10.6 Å². The number of carbonyl (C=O) groups is 3. The summed E-state index contributed by atoms with van der Waals surface area (Å²) in [6.07, 6.45) is -0.289. The smallest absolute Gasteiger partial charge is 0.414 e. The number of nitrogens with one attached hydrogen (secondary N) is 2. The highest BCUT2D eigenvalue weighted by Crippen LogP contribution is 2.42. The zero-order chi connectivity index (χ0) is 19.7. The topological polar surface area (TPSA) is 97.0 Å². The van der Waals surface area contributed by atoms with Crippen molar-refractivity contribution in [1.29, 1.82) is 0 Å². The van der Waals surface area contributed by atoms with Gasteiger partial charge in [-0.3, -0.25) is 15.0 Å². The van der Waals surface area contributed by atoms with E-state index in [1.165, 1.54) is 12.0 Å². The molecule has 2 aromatic rings. The third-order valence-electron chi connectivity index (χ3n) is 5.03. The van der Waals surface area contributed by atoms with Gasteiger partial charge < -0.3 is 14.8 Å². The molecule has 4 rings (SSSR count). The van der Waals surface area contributed by atoms with Crippen molar-refractivity contribution in [3.63, 3.8) is 0 Å². The van der Waals surface area contributed by atoms with E-state index in [-0.39, 0.29) is 19.6 Å². The quantitative estimate of drug-likeness (QED) is 0.795. The van der Waals surface area contributed by atoms with Crippen LogP contribution in [0.1, 0.15) is 17.5 Å². The van der Waals surface area contributed by atoms with Crippen LogP contribution in [0.5, 0.6) is 5.75 Å². The van der Waals surface area contributed by atoms with E-state index in [1.807, 2.05) is 30.3 Å². The van der Waals surface area contributed by atoms with E-state index < -0.39 is 23.6 Å². The van der Waals surface area contributed by atoms with Crippen LogP contribution in [0.4, 0.5) is 15.3 Å². The van der Waals surface area contributed by atoms with Crippen molar-refractivity contribution in [2.75, 3.05) is 18.6 Å². The van der Waals surface area contributed by atoms with Crippen LogP contribution in [0.3, 0.4) is 0 Å². The average Bonchev–Trinajstić information content (AvgIpc) is 3.00. The number of methoxy groups -OCH3 is 1. The van der Waals surface area contributed by atoms with Crippen LogP contribution in [0.25, 0.3) is 0 Å². The number of amides is 4. The van der Waals surface area contributed by atoms with E-state index in [0.717, 1.165) is 5.56 Å². The molecule has 1 atom stereocenters. The van der Waals surface area contributed by atoms with E-state index in [2.05, 4.69) is 10.6 Å². The number of urea groups is 1. The van der Waals surface area contributed by atoms with E-state index in [9.17, 15) is 14.4 Å². The molecule has 2 aromatic carbocycles. The summed E-state index contributed by atoms with van der Waals surface area (Å²) in [6, 6.07) is 13.9. The molecule has 2 aliphatic heterocycles. The van der Waals surface area contributed by atoms with Crippen LogP contribution < -0.4 is 20.3 Å². The van der Waals surface area contributed by atoms with Gasteiger partial charge in [-0.2, -0.15) is 0 Å². The fourth-order valence-corrected chi connectivity index (χ4v) is 3.60. The number of anilines is 1. The predicted molar refractivity (Wildman–Crippen MR) is 99.9 cm³/mol. The Morgan fingerprint density at radius 3 is 2.64 bits per heavy atom. The Labute approximate surface area is 161 Å². The number of fused-ring (bicyclic) bond motifs is 2. The van der Waals surface area contributed by atoms with Crippen molar-refractivity contribution in [3.05, 3.63) is 59.7 Å². The fourth-order valence-electron chi connectivity index (χ4n) is 3.60. The number of hydrogen-bond acceptors (Lipinski definition) is 5. The minimum absolute atomic E-state index is 0.137. The minimum Gasteiger partial charge on any atom is -0.497 e. The lowest BCUT2D eigenvalue weighted by molar-refractivity contribution is -0.124. The van der Waals surface area contributed by atoms with Gasteiger partial charge in [-0.1, -0.05) is 36.4 Å².